The molecule has 3 amide bonds. The number of urea groups is 1. The smallest absolute Gasteiger partial charge is 0.312 e. The highest BCUT2D eigenvalue weighted by atomic mass is 35.5. The van der Waals surface area contributed by atoms with Gasteiger partial charge >= 0.3 is 6.03 Å². The Labute approximate surface area is 146 Å². The van der Waals surface area contributed by atoms with Crippen LogP contribution in [0.4, 0.5) is 4.79 Å². The molecule has 0 aliphatic rings. The molecule has 2 aromatic rings. The van der Waals surface area contributed by atoms with Crippen molar-refractivity contribution in [2.45, 2.75) is 19.0 Å². The minimum atomic E-state index is -0.658. The largest absolute Gasteiger partial charge is 0.352 e. The van der Waals surface area contributed by atoms with Gasteiger partial charge in [0, 0.05) is 18.6 Å². The minimum Gasteiger partial charge on any atom is -0.352 e. The Hall–Kier alpha value is -2.53. The molecule has 0 aliphatic heterocycles. The average Bonchev–Trinajstić information content (AvgIpc) is 2.54. The topological polar surface area (TPSA) is 75.4 Å². The van der Waals surface area contributed by atoms with Crippen LogP contribution in [0.2, 0.25) is 5.02 Å². The summed E-state index contributed by atoms with van der Waals surface area (Å²) < 4.78 is 0. The Bertz CT molecular complexity index is 706. The number of amides is 3. The summed E-state index contributed by atoms with van der Waals surface area (Å²) >= 11 is 5.96. The first-order valence-electron chi connectivity index (χ1n) is 7.55. The van der Waals surface area contributed by atoms with Gasteiger partial charge < -0.3 is 16.0 Å². The molecule has 0 saturated carbocycles. The quantitative estimate of drug-likeness (QED) is 0.844. The van der Waals surface area contributed by atoms with Gasteiger partial charge in [0.15, 0.2) is 0 Å². The number of rotatable bonds is 6. The van der Waals surface area contributed by atoms with Crippen LogP contribution < -0.4 is 11.1 Å². The summed E-state index contributed by atoms with van der Waals surface area (Å²) in [5, 5.41) is 3.26. The highest BCUT2D eigenvalue weighted by molar-refractivity contribution is 6.30. The van der Waals surface area contributed by atoms with Gasteiger partial charge in [0.25, 0.3) is 0 Å². The Kier molecular flexibility index (Phi) is 6.21. The first-order valence-corrected chi connectivity index (χ1v) is 7.93. The second kappa shape index (κ2) is 8.36. The van der Waals surface area contributed by atoms with Crippen LogP contribution in [-0.2, 0) is 11.3 Å². The molecule has 0 unspecified atom stereocenters. The van der Waals surface area contributed by atoms with E-state index in [4.69, 9.17) is 17.3 Å². The molecular weight excluding hydrogens is 326 g/mol. The summed E-state index contributed by atoms with van der Waals surface area (Å²) in [6, 6.07) is 15.5. The van der Waals surface area contributed by atoms with Crippen LogP contribution in [0.15, 0.2) is 54.6 Å². The average molecular weight is 346 g/mol. The molecular formula is C18H20ClN3O2. The maximum absolute atomic E-state index is 12.5. The molecule has 24 heavy (non-hydrogen) atoms. The van der Waals surface area contributed by atoms with Crippen LogP contribution in [-0.4, -0.2) is 23.9 Å². The monoisotopic (exact) mass is 345 g/mol. The molecule has 0 aromatic heterocycles. The van der Waals surface area contributed by atoms with Crippen molar-refractivity contribution >= 4 is 23.5 Å². The van der Waals surface area contributed by atoms with E-state index in [2.05, 4.69) is 5.32 Å². The Morgan fingerprint density at radius 2 is 1.88 bits per heavy atom. The van der Waals surface area contributed by atoms with E-state index in [9.17, 15) is 9.59 Å². The molecule has 0 saturated heterocycles. The van der Waals surface area contributed by atoms with Crippen molar-refractivity contribution in [1.82, 2.24) is 10.2 Å². The molecule has 126 valence electrons. The second-order valence-corrected chi connectivity index (χ2v) is 5.99. The lowest BCUT2D eigenvalue weighted by atomic mass is 10.0. The fourth-order valence-electron chi connectivity index (χ4n) is 2.44. The number of nitrogens with zero attached hydrogens (tertiary/aromatic N) is 1. The lowest BCUT2D eigenvalue weighted by Gasteiger charge is -2.22. The maximum Gasteiger partial charge on any atom is 0.312 e. The number of carbonyl (C=O) groups is 2. The fraction of sp³-hybridized carbons (Fsp3) is 0.222. The van der Waals surface area contributed by atoms with E-state index in [-0.39, 0.29) is 12.3 Å². The number of nitrogens with two attached hydrogens (primary N) is 1. The van der Waals surface area contributed by atoms with Crippen molar-refractivity contribution in [3.8, 4) is 0 Å². The molecule has 2 rings (SSSR count). The first kappa shape index (κ1) is 17.8. The number of halogens is 1. The second-order valence-electron chi connectivity index (χ2n) is 5.56. The minimum absolute atomic E-state index is 0.0995. The van der Waals surface area contributed by atoms with E-state index >= 15 is 0 Å². The van der Waals surface area contributed by atoms with E-state index in [1.54, 1.807) is 18.0 Å². The molecule has 0 aliphatic carbocycles. The predicted molar refractivity (Wildman–Crippen MR) is 94.4 cm³/mol. The standard InChI is InChI=1S/C18H20ClN3O2/c1-22(12-13-6-5-9-15(19)10-13)17(23)11-16(21-18(20)24)14-7-3-2-4-8-14/h2-10,16H,11-12H2,1H3,(H3,20,21,24)/t16-/m1/s1. The van der Waals surface area contributed by atoms with Crippen LogP contribution in [0.25, 0.3) is 0 Å². The summed E-state index contributed by atoms with van der Waals surface area (Å²) in [7, 11) is 1.72. The molecule has 2 aromatic carbocycles. The van der Waals surface area contributed by atoms with Gasteiger partial charge in [-0.1, -0.05) is 54.1 Å². The molecule has 3 N–H and O–H groups in total. The van der Waals surface area contributed by atoms with Gasteiger partial charge in [0.1, 0.15) is 0 Å². The molecule has 0 fully saturated rings. The summed E-state index contributed by atoms with van der Waals surface area (Å²) in [5.41, 5.74) is 7.01. The van der Waals surface area contributed by atoms with Gasteiger partial charge in [0.05, 0.1) is 12.5 Å². The third-order valence-corrected chi connectivity index (χ3v) is 3.87. The van der Waals surface area contributed by atoms with Crippen molar-refractivity contribution in [3.63, 3.8) is 0 Å². The predicted octanol–water partition coefficient (Wildman–Crippen LogP) is 3.10. The number of benzene rings is 2. The molecule has 0 heterocycles. The molecule has 1 atom stereocenters. The van der Waals surface area contributed by atoms with Crippen molar-refractivity contribution in [2.24, 2.45) is 5.73 Å². The zero-order valence-corrected chi connectivity index (χ0v) is 14.2. The van der Waals surface area contributed by atoms with Crippen LogP contribution >= 0.6 is 11.6 Å². The highest BCUT2D eigenvalue weighted by Crippen LogP contribution is 2.18. The lowest BCUT2D eigenvalue weighted by Crippen LogP contribution is -2.37. The zero-order chi connectivity index (χ0) is 17.5. The van der Waals surface area contributed by atoms with Crippen LogP contribution in [0.1, 0.15) is 23.6 Å². The molecule has 0 radical (unpaired) electrons. The number of primary amides is 1. The first-order chi connectivity index (χ1) is 11.5. The third kappa shape index (κ3) is 5.28. The molecule has 6 heteroatoms. The van der Waals surface area contributed by atoms with Gasteiger partial charge in [-0.15, -0.1) is 0 Å². The van der Waals surface area contributed by atoms with E-state index in [0.29, 0.717) is 11.6 Å². The summed E-state index contributed by atoms with van der Waals surface area (Å²) in [4.78, 5) is 25.3. The SMILES string of the molecule is CN(Cc1cccc(Cl)c1)C(=O)C[C@@H](NC(N)=O)c1ccccc1. The van der Waals surface area contributed by atoms with Gasteiger partial charge in [-0.3, -0.25) is 4.79 Å². The van der Waals surface area contributed by atoms with Crippen molar-refractivity contribution < 1.29 is 9.59 Å². The van der Waals surface area contributed by atoms with Crippen molar-refractivity contribution in [2.75, 3.05) is 7.05 Å². The Balaban J connectivity index is 2.05. The van der Waals surface area contributed by atoms with Crippen LogP contribution in [0, 0.1) is 0 Å². The highest BCUT2D eigenvalue weighted by Gasteiger charge is 2.19. The van der Waals surface area contributed by atoms with Crippen LogP contribution in [0.5, 0.6) is 0 Å². The molecule has 0 bridgehead atoms. The van der Waals surface area contributed by atoms with Crippen molar-refractivity contribution in [1.29, 1.82) is 0 Å². The number of hydrogen-bond acceptors (Lipinski definition) is 2. The van der Waals surface area contributed by atoms with Gasteiger partial charge in [0.2, 0.25) is 5.91 Å². The summed E-state index contributed by atoms with van der Waals surface area (Å²) in [6.07, 6.45) is 0.129. The Morgan fingerprint density at radius 3 is 2.50 bits per heavy atom. The van der Waals surface area contributed by atoms with Gasteiger partial charge in [-0.05, 0) is 23.3 Å². The van der Waals surface area contributed by atoms with Gasteiger partial charge in [-0.2, -0.15) is 0 Å². The Morgan fingerprint density at radius 1 is 1.17 bits per heavy atom. The maximum atomic E-state index is 12.5. The number of nitrogens with one attached hydrogen (secondary N) is 1. The van der Waals surface area contributed by atoms with E-state index in [1.807, 2.05) is 48.5 Å². The van der Waals surface area contributed by atoms with Crippen LogP contribution in [0.3, 0.4) is 0 Å². The summed E-state index contributed by atoms with van der Waals surface area (Å²) in [5.74, 6) is -0.0995. The molecule has 0 spiro atoms. The molecule has 5 nitrogen and oxygen atoms in total. The van der Waals surface area contributed by atoms with E-state index in [0.717, 1.165) is 11.1 Å². The number of carbonyl (C=O) groups excluding carboxylic acids is 2. The lowest BCUT2D eigenvalue weighted by molar-refractivity contribution is -0.130. The fourth-order valence-corrected chi connectivity index (χ4v) is 2.65. The number of hydrogen-bond donors (Lipinski definition) is 2. The summed E-state index contributed by atoms with van der Waals surface area (Å²) in [6.45, 7) is 0.442. The van der Waals surface area contributed by atoms with Gasteiger partial charge in [-0.25, -0.2) is 4.79 Å². The van der Waals surface area contributed by atoms with E-state index in [1.165, 1.54) is 0 Å². The van der Waals surface area contributed by atoms with E-state index < -0.39 is 12.1 Å². The van der Waals surface area contributed by atoms with Crippen molar-refractivity contribution in [3.05, 3.63) is 70.7 Å². The third-order valence-electron chi connectivity index (χ3n) is 3.63. The normalized spacial score (nSPS) is 11.6. The zero-order valence-electron chi connectivity index (χ0n) is 13.4.